The van der Waals surface area contributed by atoms with Crippen molar-refractivity contribution in [2.45, 2.75) is 33.3 Å². The molecule has 1 aliphatic heterocycles. The third kappa shape index (κ3) is 3.09. The smallest absolute Gasteiger partial charge is 0.415 e. The maximum absolute atomic E-state index is 12.2. The average Bonchev–Trinajstić information content (AvgIpc) is 2.47. The Morgan fingerprint density at radius 3 is 2.64 bits per heavy atom. The lowest BCUT2D eigenvalue weighted by atomic mass is 10.00. The molecule has 0 N–H and O–H groups in total. The maximum Gasteiger partial charge on any atom is 0.415 e. The van der Waals surface area contributed by atoms with Crippen molar-refractivity contribution in [2.75, 3.05) is 13.1 Å². The molecular formula is C18H21NO3. The fraction of sp³-hybridized carbons (Fsp3) is 0.389. The number of carbonyl (C=O) groups is 1. The number of fused-ring (bicyclic) bond motifs is 1. The largest absolute Gasteiger partial charge is 0.483 e. The minimum atomic E-state index is -0.409. The van der Waals surface area contributed by atoms with Crippen LogP contribution in [0, 0.1) is 12.3 Å². The van der Waals surface area contributed by atoms with E-state index >= 15 is 0 Å². The molecule has 0 unspecified atom stereocenters. The fourth-order valence-corrected chi connectivity index (χ4v) is 2.29. The molecule has 4 nitrogen and oxygen atoms in total. The molecule has 22 heavy (non-hydrogen) atoms. The van der Waals surface area contributed by atoms with Crippen LogP contribution in [0.1, 0.15) is 38.8 Å². The second-order valence-corrected chi connectivity index (χ2v) is 5.58. The van der Waals surface area contributed by atoms with E-state index in [9.17, 15) is 4.79 Å². The Balaban J connectivity index is 2.43. The van der Waals surface area contributed by atoms with Crippen LogP contribution in [-0.4, -0.2) is 29.7 Å². The lowest BCUT2D eigenvalue weighted by molar-refractivity contribution is 0.152. The Kier molecular flexibility index (Phi) is 4.46. The van der Waals surface area contributed by atoms with E-state index in [0.717, 1.165) is 0 Å². The van der Waals surface area contributed by atoms with E-state index < -0.39 is 11.7 Å². The number of amides is 1. The highest BCUT2D eigenvalue weighted by Crippen LogP contribution is 2.39. The van der Waals surface area contributed by atoms with Gasteiger partial charge in [-0.25, -0.2) is 4.79 Å². The van der Waals surface area contributed by atoms with Crippen LogP contribution in [-0.2, 0) is 0 Å². The number of nitrogens with zero attached hydrogens (tertiary/aromatic N) is 1. The highest BCUT2D eigenvalue weighted by molar-refractivity contribution is 5.77. The molecule has 1 aromatic rings. The van der Waals surface area contributed by atoms with Crippen molar-refractivity contribution in [3.63, 3.8) is 0 Å². The number of terminal acetylenes is 1. The van der Waals surface area contributed by atoms with Gasteiger partial charge in [0.2, 0.25) is 0 Å². The summed E-state index contributed by atoms with van der Waals surface area (Å²) in [5, 5.41) is 0. The van der Waals surface area contributed by atoms with E-state index in [0.29, 0.717) is 35.7 Å². The lowest BCUT2D eigenvalue weighted by Gasteiger charge is -2.29. The van der Waals surface area contributed by atoms with Crippen LogP contribution < -0.4 is 9.47 Å². The summed E-state index contributed by atoms with van der Waals surface area (Å²) in [7, 11) is 0. The molecule has 2 rings (SSSR count). The quantitative estimate of drug-likeness (QED) is 0.799. The molecule has 0 aromatic heterocycles. The third-order valence-corrected chi connectivity index (χ3v) is 3.55. The molecule has 4 heteroatoms. The van der Waals surface area contributed by atoms with Gasteiger partial charge in [0.1, 0.15) is 11.4 Å². The van der Waals surface area contributed by atoms with Gasteiger partial charge in [0.15, 0.2) is 5.75 Å². The molecular weight excluding hydrogens is 278 g/mol. The van der Waals surface area contributed by atoms with Crippen LogP contribution in [0.4, 0.5) is 4.79 Å². The molecule has 0 saturated carbocycles. The fourth-order valence-electron chi connectivity index (χ4n) is 2.29. The van der Waals surface area contributed by atoms with Crippen LogP contribution in [0.2, 0.25) is 0 Å². The average molecular weight is 299 g/mol. The van der Waals surface area contributed by atoms with Gasteiger partial charge < -0.3 is 14.4 Å². The monoisotopic (exact) mass is 299 g/mol. The van der Waals surface area contributed by atoms with Gasteiger partial charge in [-0.2, -0.15) is 0 Å². The first-order chi connectivity index (χ1) is 10.4. The second kappa shape index (κ2) is 6.15. The van der Waals surface area contributed by atoms with E-state index in [4.69, 9.17) is 15.9 Å². The second-order valence-electron chi connectivity index (χ2n) is 5.58. The molecule has 0 spiro atoms. The predicted octanol–water partition coefficient (Wildman–Crippen LogP) is 3.69. The first-order valence-electron chi connectivity index (χ1n) is 7.40. The van der Waals surface area contributed by atoms with Crippen molar-refractivity contribution in [3.05, 3.63) is 29.3 Å². The van der Waals surface area contributed by atoms with Gasteiger partial charge in [-0.05, 0) is 52.0 Å². The minimum absolute atomic E-state index is 0.378. The van der Waals surface area contributed by atoms with E-state index in [1.165, 1.54) is 0 Å². The minimum Gasteiger partial charge on any atom is -0.483 e. The Labute approximate surface area is 131 Å². The number of hydrogen-bond donors (Lipinski definition) is 0. The summed E-state index contributed by atoms with van der Waals surface area (Å²) in [4.78, 5) is 13.8. The Hall–Kier alpha value is -2.41. The molecule has 0 radical (unpaired) electrons. The number of rotatable bonds is 3. The SMILES string of the molecule is C#Cc1ccc2c(c1OC(=O)N(CC)CC)C=CC(C)(C)O2. The van der Waals surface area contributed by atoms with Gasteiger partial charge in [0, 0.05) is 13.1 Å². The lowest BCUT2D eigenvalue weighted by Crippen LogP contribution is -2.33. The van der Waals surface area contributed by atoms with Gasteiger partial charge in [-0.15, -0.1) is 6.42 Å². The topological polar surface area (TPSA) is 38.8 Å². The molecule has 1 aromatic carbocycles. The van der Waals surface area contributed by atoms with Crippen LogP contribution >= 0.6 is 0 Å². The first kappa shape index (κ1) is 16.0. The van der Waals surface area contributed by atoms with E-state index in [1.807, 2.05) is 45.9 Å². The van der Waals surface area contributed by atoms with Crippen LogP contribution in [0.15, 0.2) is 18.2 Å². The van der Waals surface area contributed by atoms with Crippen molar-refractivity contribution in [2.24, 2.45) is 0 Å². The Bertz CT molecular complexity index is 649. The van der Waals surface area contributed by atoms with Gasteiger partial charge in [-0.3, -0.25) is 0 Å². The normalized spacial score (nSPS) is 14.5. The molecule has 1 amide bonds. The first-order valence-corrected chi connectivity index (χ1v) is 7.40. The zero-order chi connectivity index (χ0) is 16.3. The van der Waals surface area contributed by atoms with E-state index in [-0.39, 0.29) is 0 Å². The van der Waals surface area contributed by atoms with Crippen molar-refractivity contribution in [1.82, 2.24) is 4.90 Å². The number of carbonyl (C=O) groups excluding carboxylic acids is 1. The number of benzene rings is 1. The van der Waals surface area contributed by atoms with E-state index in [1.54, 1.807) is 11.0 Å². The Morgan fingerprint density at radius 2 is 2.05 bits per heavy atom. The van der Waals surface area contributed by atoms with Gasteiger partial charge in [0.05, 0.1) is 11.1 Å². The van der Waals surface area contributed by atoms with Crippen LogP contribution in [0.3, 0.4) is 0 Å². The van der Waals surface area contributed by atoms with Crippen molar-refractivity contribution < 1.29 is 14.3 Å². The third-order valence-electron chi connectivity index (χ3n) is 3.55. The summed E-state index contributed by atoms with van der Waals surface area (Å²) in [6.45, 7) is 8.88. The predicted molar refractivity (Wildman–Crippen MR) is 87.1 cm³/mol. The van der Waals surface area contributed by atoms with Crippen molar-refractivity contribution in [3.8, 4) is 23.8 Å². The molecule has 1 heterocycles. The summed E-state index contributed by atoms with van der Waals surface area (Å²) in [6, 6.07) is 3.55. The van der Waals surface area contributed by atoms with Crippen molar-refractivity contribution in [1.29, 1.82) is 0 Å². The molecule has 0 fully saturated rings. The highest BCUT2D eigenvalue weighted by atomic mass is 16.6. The summed E-state index contributed by atoms with van der Waals surface area (Å²) in [5.41, 5.74) is 0.840. The van der Waals surface area contributed by atoms with Crippen molar-refractivity contribution >= 4 is 12.2 Å². The highest BCUT2D eigenvalue weighted by Gasteiger charge is 2.26. The molecule has 0 saturated heterocycles. The molecule has 1 aliphatic rings. The Morgan fingerprint density at radius 1 is 1.36 bits per heavy atom. The molecule has 116 valence electrons. The number of ether oxygens (including phenoxy) is 2. The van der Waals surface area contributed by atoms with Gasteiger partial charge in [0.25, 0.3) is 0 Å². The van der Waals surface area contributed by atoms with Crippen LogP contribution in [0.25, 0.3) is 6.08 Å². The summed E-state index contributed by atoms with van der Waals surface area (Å²) in [6.07, 6.45) is 8.94. The van der Waals surface area contributed by atoms with Gasteiger partial charge >= 0.3 is 6.09 Å². The van der Waals surface area contributed by atoms with Crippen LogP contribution in [0.5, 0.6) is 11.5 Å². The zero-order valence-corrected chi connectivity index (χ0v) is 13.5. The van der Waals surface area contributed by atoms with Gasteiger partial charge in [-0.1, -0.05) is 5.92 Å². The summed E-state index contributed by atoms with van der Waals surface area (Å²) >= 11 is 0. The molecule has 0 bridgehead atoms. The standard InChI is InChI=1S/C18H21NO3/c1-6-13-9-10-15-14(11-12-18(4,5)22-15)16(13)21-17(20)19(7-2)8-3/h1,9-12H,7-8H2,2-5H3. The summed E-state index contributed by atoms with van der Waals surface area (Å²) < 4.78 is 11.5. The maximum atomic E-state index is 12.2. The summed E-state index contributed by atoms with van der Waals surface area (Å²) in [5.74, 6) is 3.60. The number of hydrogen-bond acceptors (Lipinski definition) is 3. The molecule has 0 aliphatic carbocycles. The zero-order valence-electron chi connectivity index (χ0n) is 13.5. The molecule has 0 atom stereocenters. The van der Waals surface area contributed by atoms with E-state index in [2.05, 4.69) is 5.92 Å².